The maximum absolute atomic E-state index is 12.4. The molecule has 0 unspecified atom stereocenters. The molecule has 0 saturated heterocycles. The van der Waals surface area contributed by atoms with E-state index in [1.54, 1.807) is 12.4 Å². The highest BCUT2D eigenvalue weighted by Gasteiger charge is 2.30. The number of benzene rings is 1. The molecule has 0 saturated carbocycles. The lowest BCUT2D eigenvalue weighted by Gasteiger charge is -2.24. The van der Waals surface area contributed by atoms with Gasteiger partial charge >= 0.3 is 0 Å². The van der Waals surface area contributed by atoms with Gasteiger partial charge in [-0.15, -0.1) is 0 Å². The molecular weight excluding hydrogens is 262 g/mol. The Morgan fingerprint density at radius 2 is 1.95 bits per heavy atom. The fourth-order valence-electron chi connectivity index (χ4n) is 2.26. The van der Waals surface area contributed by atoms with Crippen LogP contribution in [0.25, 0.3) is 0 Å². The second-order valence-electron chi connectivity index (χ2n) is 6.31. The van der Waals surface area contributed by atoms with Gasteiger partial charge in [0.15, 0.2) is 0 Å². The van der Waals surface area contributed by atoms with Crippen molar-refractivity contribution in [2.75, 3.05) is 5.32 Å². The van der Waals surface area contributed by atoms with Crippen LogP contribution in [0.15, 0.2) is 36.7 Å². The van der Waals surface area contributed by atoms with Crippen molar-refractivity contribution in [1.82, 2.24) is 9.97 Å². The monoisotopic (exact) mass is 285 g/mol. The summed E-state index contributed by atoms with van der Waals surface area (Å²) >= 11 is 0. The molecule has 0 fully saturated rings. The van der Waals surface area contributed by atoms with E-state index in [1.807, 2.05) is 26.0 Å². The summed E-state index contributed by atoms with van der Waals surface area (Å²) in [6, 6.07) is 8.30. The SMILES string of the molecule is CC(C)Cc1ccc(C(C)(C)C(=O)Nc2ncc[nH]2)cc1. The predicted molar refractivity (Wildman–Crippen MR) is 85.2 cm³/mol. The summed E-state index contributed by atoms with van der Waals surface area (Å²) in [4.78, 5) is 19.3. The second kappa shape index (κ2) is 6.12. The number of aromatic nitrogens is 2. The van der Waals surface area contributed by atoms with Gasteiger partial charge in [-0.25, -0.2) is 4.98 Å². The number of amides is 1. The van der Waals surface area contributed by atoms with Crippen molar-refractivity contribution in [3.8, 4) is 0 Å². The van der Waals surface area contributed by atoms with Crippen LogP contribution in [0.2, 0.25) is 0 Å². The van der Waals surface area contributed by atoms with Crippen LogP contribution in [0.3, 0.4) is 0 Å². The van der Waals surface area contributed by atoms with E-state index < -0.39 is 5.41 Å². The molecule has 0 aliphatic carbocycles. The Balaban J connectivity index is 2.12. The molecule has 0 bridgehead atoms. The first-order chi connectivity index (χ1) is 9.89. The Kier molecular flexibility index (Phi) is 4.46. The van der Waals surface area contributed by atoms with Crippen LogP contribution in [0, 0.1) is 5.92 Å². The summed E-state index contributed by atoms with van der Waals surface area (Å²) < 4.78 is 0. The molecule has 0 aliphatic heterocycles. The average Bonchev–Trinajstić information content (AvgIpc) is 2.91. The predicted octanol–water partition coefficient (Wildman–Crippen LogP) is 3.52. The van der Waals surface area contributed by atoms with Crippen molar-refractivity contribution in [3.63, 3.8) is 0 Å². The normalized spacial score (nSPS) is 11.7. The zero-order valence-corrected chi connectivity index (χ0v) is 13.1. The van der Waals surface area contributed by atoms with Gasteiger partial charge in [0.1, 0.15) is 0 Å². The fraction of sp³-hybridized carbons (Fsp3) is 0.412. The maximum Gasteiger partial charge on any atom is 0.236 e. The minimum absolute atomic E-state index is 0.0749. The highest BCUT2D eigenvalue weighted by Crippen LogP contribution is 2.25. The molecule has 112 valence electrons. The first-order valence-corrected chi connectivity index (χ1v) is 7.30. The number of rotatable bonds is 5. The summed E-state index contributed by atoms with van der Waals surface area (Å²) in [5.41, 5.74) is 1.69. The van der Waals surface area contributed by atoms with Crippen LogP contribution in [-0.2, 0) is 16.6 Å². The number of imidazole rings is 1. The van der Waals surface area contributed by atoms with E-state index >= 15 is 0 Å². The molecular formula is C17H23N3O. The zero-order chi connectivity index (χ0) is 15.5. The molecule has 4 heteroatoms. The molecule has 1 heterocycles. The van der Waals surface area contributed by atoms with Crippen molar-refractivity contribution < 1.29 is 4.79 Å². The Morgan fingerprint density at radius 1 is 1.29 bits per heavy atom. The van der Waals surface area contributed by atoms with Crippen molar-refractivity contribution in [2.24, 2.45) is 5.92 Å². The molecule has 1 aromatic heterocycles. The van der Waals surface area contributed by atoms with Crippen LogP contribution in [0.1, 0.15) is 38.8 Å². The zero-order valence-electron chi connectivity index (χ0n) is 13.1. The lowest BCUT2D eigenvalue weighted by Crippen LogP contribution is -2.35. The Hall–Kier alpha value is -2.10. The van der Waals surface area contributed by atoms with Crippen LogP contribution in [0.4, 0.5) is 5.95 Å². The third-order valence-corrected chi connectivity index (χ3v) is 3.62. The molecule has 0 atom stereocenters. The molecule has 1 aromatic carbocycles. The summed E-state index contributed by atoms with van der Waals surface area (Å²) in [5.74, 6) is 1.03. The second-order valence-corrected chi connectivity index (χ2v) is 6.31. The largest absolute Gasteiger partial charge is 0.331 e. The standard InChI is InChI=1S/C17H23N3O/c1-12(2)11-13-5-7-14(8-6-13)17(3,4)15(21)20-16-18-9-10-19-16/h5-10,12H,11H2,1-4H3,(H2,18,19,20,21). The number of H-pyrrole nitrogens is 1. The van der Waals surface area contributed by atoms with Crippen molar-refractivity contribution in [2.45, 2.75) is 39.5 Å². The van der Waals surface area contributed by atoms with E-state index in [-0.39, 0.29) is 5.91 Å². The minimum atomic E-state index is -0.608. The van der Waals surface area contributed by atoms with Gasteiger partial charge in [-0.1, -0.05) is 38.1 Å². The molecule has 2 aromatic rings. The number of hydrogen-bond donors (Lipinski definition) is 2. The van der Waals surface area contributed by atoms with Crippen molar-refractivity contribution >= 4 is 11.9 Å². The van der Waals surface area contributed by atoms with E-state index in [0.29, 0.717) is 11.9 Å². The summed E-state index contributed by atoms with van der Waals surface area (Å²) in [5, 5.41) is 2.80. The number of anilines is 1. The van der Waals surface area contributed by atoms with Gasteiger partial charge in [0.2, 0.25) is 11.9 Å². The van der Waals surface area contributed by atoms with Crippen LogP contribution < -0.4 is 5.32 Å². The average molecular weight is 285 g/mol. The summed E-state index contributed by atoms with van der Waals surface area (Å²) in [6.07, 6.45) is 4.35. The van der Waals surface area contributed by atoms with Gasteiger partial charge in [-0.2, -0.15) is 0 Å². The van der Waals surface area contributed by atoms with Crippen LogP contribution in [-0.4, -0.2) is 15.9 Å². The lowest BCUT2D eigenvalue weighted by molar-refractivity contribution is -0.120. The smallest absolute Gasteiger partial charge is 0.236 e. The van der Waals surface area contributed by atoms with Gasteiger partial charge in [0.25, 0.3) is 0 Å². The van der Waals surface area contributed by atoms with E-state index in [0.717, 1.165) is 12.0 Å². The summed E-state index contributed by atoms with van der Waals surface area (Å²) in [6.45, 7) is 8.24. The van der Waals surface area contributed by atoms with Crippen molar-refractivity contribution in [3.05, 3.63) is 47.8 Å². The Labute approximate surface area is 126 Å². The third-order valence-electron chi connectivity index (χ3n) is 3.62. The Bertz CT molecular complexity index is 583. The van der Waals surface area contributed by atoms with Gasteiger partial charge in [0, 0.05) is 12.4 Å². The van der Waals surface area contributed by atoms with E-state index in [2.05, 4.69) is 41.3 Å². The van der Waals surface area contributed by atoms with Gasteiger partial charge < -0.3 is 4.98 Å². The van der Waals surface area contributed by atoms with Crippen molar-refractivity contribution in [1.29, 1.82) is 0 Å². The number of aromatic amines is 1. The van der Waals surface area contributed by atoms with Gasteiger partial charge in [-0.3, -0.25) is 10.1 Å². The highest BCUT2D eigenvalue weighted by molar-refractivity contribution is 5.97. The van der Waals surface area contributed by atoms with Gasteiger partial charge in [0.05, 0.1) is 5.41 Å². The molecule has 21 heavy (non-hydrogen) atoms. The van der Waals surface area contributed by atoms with Crippen LogP contribution in [0.5, 0.6) is 0 Å². The first kappa shape index (κ1) is 15.3. The number of carbonyl (C=O) groups is 1. The quantitative estimate of drug-likeness (QED) is 0.883. The molecule has 2 rings (SSSR count). The van der Waals surface area contributed by atoms with E-state index in [4.69, 9.17) is 0 Å². The van der Waals surface area contributed by atoms with Gasteiger partial charge in [-0.05, 0) is 37.3 Å². The number of nitrogens with zero attached hydrogens (tertiary/aromatic N) is 1. The highest BCUT2D eigenvalue weighted by atomic mass is 16.2. The number of nitrogens with one attached hydrogen (secondary N) is 2. The van der Waals surface area contributed by atoms with E-state index in [9.17, 15) is 4.79 Å². The molecule has 2 N–H and O–H groups in total. The fourth-order valence-corrected chi connectivity index (χ4v) is 2.26. The van der Waals surface area contributed by atoms with E-state index in [1.165, 1.54) is 5.56 Å². The molecule has 0 aliphatic rings. The number of carbonyl (C=O) groups excluding carboxylic acids is 1. The minimum Gasteiger partial charge on any atom is -0.331 e. The Morgan fingerprint density at radius 3 is 2.48 bits per heavy atom. The summed E-state index contributed by atoms with van der Waals surface area (Å²) in [7, 11) is 0. The third kappa shape index (κ3) is 3.72. The first-order valence-electron chi connectivity index (χ1n) is 7.30. The number of hydrogen-bond acceptors (Lipinski definition) is 2. The molecule has 0 radical (unpaired) electrons. The maximum atomic E-state index is 12.4. The lowest BCUT2D eigenvalue weighted by atomic mass is 9.83. The molecule has 4 nitrogen and oxygen atoms in total. The van der Waals surface area contributed by atoms with Crippen LogP contribution >= 0.6 is 0 Å². The molecule has 1 amide bonds. The topological polar surface area (TPSA) is 57.8 Å². The molecule has 0 spiro atoms.